The summed E-state index contributed by atoms with van der Waals surface area (Å²) in [5.41, 5.74) is 3.72. The second-order valence-corrected chi connectivity index (χ2v) is 7.15. The van der Waals surface area contributed by atoms with E-state index in [9.17, 15) is 4.79 Å². The van der Waals surface area contributed by atoms with Crippen molar-refractivity contribution >= 4 is 23.1 Å². The molecule has 1 aromatic heterocycles. The summed E-state index contributed by atoms with van der Waals surface area (Å²) in [6.45, 7) is 2.82. The van der Waals surface area contributed by atoms with Crippen LogP contribution < -0.4 is 15.5 Å². The number of amides is 1. The molecule has 1 amide bonds. The second kappa shape index (κ2) is 9.19. The van der Waals surface area contributed by atoms with E-state index in [2.05, 4.69) is 37.6 Å². The van der Waals surface area contributed by atoms with Gasteiger partial charge in [0.15, 0.2) is 0 Å². The highest BCUT2D eigenvalue weighted by atomic mass is 16.1. The van der Waals surface area contributed by atoms with Crippen LogP contribution in [0.25, 0.3) is 0 Å². The third-order valence-corrected chi connectivity index (χ3v) is 5.05. The SMILES string of the molecule is O=C(NCCc1ccccc1)c1cc(Nc2ccc(N3CCCC3)cc2)ncn1. The Bertz CT molecular complexity index is 937. The van der Waals surface area contributed by atoms with E-state index in [1.807, 2.05) is 42.5 Å². The zero-order valence-corrected chi connectivity index (χ0v) is 16.3. The van der Waals surface area contributed by atoms with E-state index in [4.69, 9.17) is 0 Å². The average molecular weight is 387 g/mol. The van der Waals surface area contributed by atoms with Crippen molar-refractivity contribution in [2.24, 2.45) is 0 Å². The van der Waals surface area contributed by atoms with Gasteiger partial charge in [0.2, 0.25) is 0 Å². The van der Waals surface area contributed by atoms with Crippen LogP contribution in [0.2, 0.25) is 0 Å². The quantitative estimate of drug-likeness (QED) is 0.645. The number of nitrogens with zero attached hydrogens (tertiary/aromatic N) is 3. The minimum Gasteiger partial charge on any atom is -0.372 e. The lowest BCUT2D eigenvalue weighted by molar-refractivity contribution is 0.0949. The number of hydrogen-bond acceptors (Lipinski definition) is 5. The molecule has 2 heterocycles. The highest BCUT2D eigenvalue weighted by Gasteiger charge is 2.12. The van der Waals surface area contributed by atoms with Crippen LogP contribution >= 0.6 is 0 Å². The molecule has 0 saturated carbocycles. The van der Waals surface area contributed by atoms with Crippen molar-refractivity contribution in [3.8, 4) is 0 Å². The van der Waals surface area contributed by atoms with Crippen LogP contribution in [0.3, 0.4) is 0 Å². The normalized spacial score (nSPS) is 13.3. The van der Waals surface area contributed by atoms with Crippen LogP contribution in [0.15, 0.2) is 67.0 Å². The molecular weight excluding hydrogens is 362 g/mol. The molecule has 0 radical (unpaired) electrons. The smallest absolute Gasteiger partial charge is 0.270 e. The molecule has 29 heavy (non-hydrogen) atoms. The van der Waals surface area contributed by atoms with Crippen LogP contribution in [-0.2, 0) is 6.42 Å². The summed E-state index contributed by atoms with van der Waals surface area (Å²) >= 11 is 0. The first-order chi connectivity index (χ1) is 14.3. The molecule has 1 aliphatic rings. The Balaban J connectivity index is 1.33. The third kappa shape index (κ3) is 5.10. The van der Waals surface area contributed by atoms with E-state index >= 15 is 0 Å². The summed E-state index contributed by atoms with van der Waals surface area (Å²) in [7, 11) is 0. The molecule has 3 aromatic rings. The van der Waals surface area contributed by atoms with E-state index in [0.717, 1.165) is 25.2 Å². The summed E-state index contributed by atoms with van der Waals surface area (Å²) in [6, 6.07) is 20.1. The number of nitrogens with one attached hydrogen (secondary N) is 2. The largest absolute Gasteiger partial charge is 0.372 e. The van der Waals surface area contributed by atoms with Crippen LogP contribution in [0, 0.1) is 0 Å². The molecule has 2 N–H and O–H groups in total. The minimum absolute atomic E-state index is 0.198. The molecule has 0 atom stereocenters. The van der Waals surface area contributed by atoms with E-state index < -0.39 is 0 Å². The zero-order valence-electron chi connectivity index (χ0n) is 16.3. The molecule has 0 spiro atoms. The number of aromatic nitrogens is 2. The van der Waals surface area contributed by atoms with Crippen molar-refractivity contribution in [3.05, 3.63) is 78.2 Å². The number of carbonyl (C=O) groups is 1. The monoisotopic (exact) mass is 387 g/mol. The molecule has 1 aliphatic heterocycles. The van der Waals surface area contributed by atoms with Gasteiger partial charge in [0.25, 0.3) is 5.91 Å². The lowest BCUT2D eigenvalue weighted by Crippen LogP contribution is -2.26. The first-order valence-corrected chi connectivity index (χ1v) is 10.0. The number of rotatable bonds is 7. The van der Waals surface area contributed by atoms with Gasteiger partial charge in [0.1, 0.15) is 17.8 Å². The van der Waals surface area contributed by atoms with Crippen molar-refractivity contribution in [2.45, 2.75) is 19.3 Å². The molecule has 2 aromatic carbocycles. The van der Waals surface area contributed by atoms with Gasteiger partial charge in [-0.25, -0.2) is 9.97 Å². The summed E-state index contributed by atoms with van der Waals surface area (Å²) in [6.07, 6.45) is 4.72. The van der Waals surface area contributed by atoms with Gasteiger partial charge in [-0.15, -0.1) is 0 Å². The van der Waals surface area contributed by atoms with Gasteiger partial charge in [-0.3, -0.25) is 4.79 Å². The molecule has 1 saturated heterocycles. The average Bonchev–Trinajstić information content (AvgIpc) is 3.30. The van der Waals surface area contributed by atoms with Gasteiger partial charge < -0.3 is 15.5 Å². The molecule has 0 bridgehead atoms. The fraction of sp³-hybridized carbons (Fsp3) is 0.261. The van der Waals surface area contributed by atoms with Gasteiger partial charge in [-0.2, -0.15) is 0 Å². The molecule has 148 valence electrons. The number of hydrogen-bond donors (Lipinski definition) is 2. The number of carbonyl (C=O) groups excluding carboxylic acids is 1. The standard InChI is InChI=1S/C23H25N5O/c29-23(24-13-12-18-6-2-1-3-7-18)21-16-22(26-17-25-21)27-19-8-10-20(11-9-19)28-14-4-5-15-28/h1-3,6-11,16-17H,4-5,12-15H2,(H,24,29)(H,25,26,27). The highest BCUT2D eigenvalue weighted by Crippen LogP contribution is 2.23. The predicted molar refractivity (Wildman–Crippen MR) is 116 cm³/mol. The maximum Gasteiger partial charge on any atom is 0.270 e. The molecule has 0 unspecified atom stereocenters. The summed E-state index contributed by atoms with van der Waals surface area (Å²) < 4.78 is 0. The lowest BCUT2D eigenvalue weighted by atomic mass is 10.1. The maximum atomic E-state index is 12.4. The van der Waals surface area contributed by atoms with Crippen LogP contribution in [0.5, 0.6) is 0 Å². The van der Waals surface area contributed by atoms with Gasteiger partial charge in [0.05, 0.1) is 0 Å². The number of benzene rings is 2. The van der Waals surface area contributed by atoms with E-state index in [-0.39, 0.29) is 5.91 Å². The van der Waals surface area contributed by atoms with Crippen molar-refractivity contribution in [3.63, 3.8) is 0 Å². The van der Waals surface area contributed by atoms with Gasteiger partial charge in [0, 0.05) is 37.1 Å². The Morgan fingerprint density at radius 2 is 1.72 bits per heavy atom. The summed E-state index contributed by atoms with van der Waals surface area (Å²) in [4.78, 5) is 23.1. The second-order valence-electron chi connectivity index (χ2n) is 7.15. The molecule has 6 nitrogen and oxygen atoms in total. The summed E-state index contributed by atoms with van der Waals surface area (Å²) in [5.74, 6) is 0.401. The minimum atomic E-state index is -0.198. The van der Waals surface area contributed by atoms with Crippen LogP contribution in [-0.4, -0.2) is 35.5 Å². The lowest BCUT2D eigenvalue weighted by Gasteiger charge is -2.17. The molecule has 0 aliphatic carbocycles. The van der Waals surface area contributed by atoms with Crippen molar-refractivity contribution in [1.82, 2.24) is 15.3 Å². The molecule has 1 fully saturated rings. The topological polar surface area (TPSA) is 70.2 Å². The van der Waals surface area contributed by atoms with E-state index in [1.54, 1.807) is 6.07 Å². The Kier molecular flexibility index (Phi) is 6.00. The molecule has 4 rings (SSSR count). The summed E-state index contributed by atoms with van der Waals surface area (Å²) in [5, 5.41) is 6.16. The van der Waals surface area contributed by atoms with E-state index in [0.29, 0.717) is 18.1 Å². The molecule has 6 heteroatoms. The maximum absolute atomic E-state index is 12.4. The Morgan fingerprint density at radius 3 is 2.48 bits per heavy atom. The Morgan fingerprint density at radius 1 is 0.966 bits per heavy atom. The fourth-order valence-corrected chi connectivity index (χ4v) is 3.48. The Hall–Kier alpha value is -3.41. The van der Waals surface area contributed by atoms with Crippen LogP contribution in [0.4, 0.5) is 17.2 Å². The highest BCUT2D eigenvalue weighted by molar-refractivity contribution is 5.93. The van der Waals surface area contributed by atoms with E-state index in [1.165, 1.54) is 30.4 Å². The van der Waals surface area contributed by atoms with Crippen molar-refractivity contribution in [2.75, 3.05) is 29.9 Å². The first-order valence-electron chi connectivity index (χ1n) is 10.0. The fourth-order valence-electron chi connectivity index (χ4n) is 3.48. The van der Waals surface area contributed by atoms with Crippen molar-refractivity contribution < 1.29 is 4.79 Å². The van der Waals surface area contributed by atoms with Crippen LogP contribution in [0.1, 0.15) is 28.9 Å². The predicted octanol–water partition coefficient (Wildman–Crippen LogP) is 3.79. The van der Waals surface area contributed by atoms with Gasteiger partial charge >= 0.3 is 0 Å². The zero-order chi connectivity index (χ0) is 19.9. The molecular formula is C23H25N5O. The Labute approximate surface area is 171 Å². The third-order valence-electron chi connectivity index (χ3n) is 5.05. The van der Waals surface area contributed by atoms with Gasteiger partial charge in [-0.05, 0) is 49.1 Å². The van der Waals surface area contributed by atoms with Crippen molar-refractivity contribution in [1.29, 1.82) is 0 Å². The van der Waals surface area contributed by atoms with Gasteiger partial charge in [-0.1, -0.05) is 30.3 Å². The first kappa shape index (κ1) is 18.9. The number of anilines is 3.